The van der Waals surface area contributed by atoms with Gasteiger partial charge in [-0.25, -0.2) is 0 Å². The minimum Gasteiger partial charge on any atom is -0.507 e. The van der Waals surface area contributed by atoms with Crippen LogP contribution in [-0.4, -0.2) is 66.0 Å². The third kappa shape index (κ3) is 6.05. The number of amides is 1. The van der Waals surface area contributed by atoms with Crippen molar-refractivity contribution >= 4 is 17.4 Å². The number of carbonyl (C=O) groups excluding carboxylic acids is 2. The number of aliphatic hydroxyl groups is 1. The van der Waals surface area contributed by atoms with Crippen LogP contribution in [0.15, 0.2) is 84.4 Å². The van der Waals surface area contributed by atoms with Crippen LogP contribution in [-0.2, 0) is 20.9 Å². The summed E-state index contributed by atoms with van der Waals surface area (Å²) in [5.41, 5.74) is 3.63. The maximum atomic E-state index is 13.3. The molecular weight excluding hydrogens is 492 g/mol. The van der Waals surface area contributed by atoms with E-state index in [1.54, 1.807) is 29.2 Å². The molecule has 2 saturated heterocycles. The van der Waals surface area contributed by atoms with E-state index in [2.05, 4.69) is 4.90 Å². The number of aliphatic hydroxyl groups excluding tert-OH is 1. The van der Waals surface area contributed by atoms with Crippen molar-refractivity contribution in [3.63, 3.8) is 0 Å². The van der Waals surface area contributed by atoms with Crippen LogP contribution in [0.2, 0.25) is 0 Å². The van der Waals surface area contributed by atoms with Gasteiger partial charge >= 0.3 is 0 Å². The predicted octanol–water partition coefficient (Wildman–Crippen LogP) is 4.72. The van der Waals surface area contributed by atoms with Crippen LogP contribution in [0.5, 0.6) is 5.75 Å². The lowest BCUT2D eigenvalue weighted by molar-refractivity contribution is -0.140. The van der Waals surface area contributed by atoms with Crippen LogP contribution >= 0.6 is 0 Å². The molecule has 2 heterocycles. The van der Waals surface area contributed by atoms with Gasteiger partial charge in [0.05, 0.1) is 24.8 Å². The first-order chi connectivity index (χ1) is 19.0. The summed E-state index contributed by atoms with van der Waals surface area (Å²) in [6.07, 6.45) is 0.726. The molecule has 1 unspecified atom stereocenters. The summed E-state index contributed by atoms with van der Waals surface area (Å²) >= 11 is 0. The van der Waals surface area contributed by atoms with Crippen molar-refractivity contribution < 1.29 is 24.2 Å². The minimum atomic E-state index is -0.660. The molecule has 0 aromatic heterocycles. The maximum absolute atomic E-state index is 13.3. The second-order valence-electron chi connectivity index (χ2n) is 9.95. The highest BCUT2D eigenvalue weighted by atomic mass is 16.5. The number of morpholine rings is 1. The molecule has 7 nitrogen and oxygen atoms in total. The molecule has 202 valence electrons. The number of Topliss-reactive ketones (excluding diaryl/α,β-unsaturated/α-hetero) is 1. The number of nitrogens with zero attached hydrogens (tertiary/aromatic N) is 2. The Bertz CT molecular complexity index is 1330. The molecule has 0 saturated carbocycles. The van der Waals surface area contributed by atoms with Crippen molar-refractivity contribution in [1.82, 2.24) is 9.80 Å². The lowest BCUT2D eigenvalue weighted by atomic mass is 9.95. The van der Waals surface area contributed by atoms with Crippen molar-refractivity contribution in [3.8, 4) is 5.75 Å². The van der Waals surface area contributed by atoms with E-state index in [4.69, 9.17) is 9.47 Å². The molecular formula is C32H34N2O5. The molecule has 7 heteroatoms. The molecule has 3 aromatic carbocycles. The Hall–Kier alpha value is -3.94. The zero-order valence-corrected chi connectivity index (χ0v) is 22.2. The summed E-state index contributed by atoms with van der Waals surface area (Å²) in [7, 11) is 0. The van der Waals surface area contributed by atoms with Gasteiger partial charge < -0.3 is 19.5 Å². The number of hydrogen-bond acceptors (Lipinski definition) is 6. The lowest BCUT2D eigenvalue weighted by Gasteiger charge is -2.29. The average molecular weight is 527 g/mol. The number of ether oxygens (including phenoxy) is 2. The van der Waals surface area contributed by atoms with Crippen LogP contribution in [0.1, 0.15) is 34.7 Å². The number of aryl methyl sites for hydroxylation is 1. The first-order valence-corrected chi connectivity index (χ1v) is 13.4. The Labute approximate surface area is 229 Å². The highest BCUT2D eigenvalue weighted by Crippen LogP contribution is 2.39. The van der Waals surface area contributed by atoms with Crippen LogP contribution < -0.4 is 4.74 Å². The number of carbonyl (C=O) groups is 2. The molecule has 1 N–H and O–H groups in total. The highest BCUT2D eigenvalue weighted by Gasteiger charge is 2.45. The fourth-order valence-electron chi connectivity index (χ4n) is 5.18. The van der Waals surface area contributed by atoms with Gasteiger partial charge in [0.15, 0.2) is 0 Å². The summed E-state index contributed by atoms with van der Waals surface area (Å²) in [6, 6.07) is 23.8. The molecule has 5 rings (SSSR count). The Morgan fingerprint density at radius 1 is 0.923 bits per heavy atom. The number of hydrogen-bond donors (Lipinski definition) is 1. The van der Waals surface area contributed by atoms with Crippen LogP contribution in [0.25, 0.3) is 5.76 Å². The molecule has 2 aliphatic rings. The fraction of sp³-hybridized carbons (Fsp3) is 0.312. The van der Waals surface area contributed by atoms with Crippen molar-refractivity contribution in [2.24, 2.45) is 0 Å². The highest BCUT2D eigenvalue weighted by molar-refractivity contribution is 6.46. The number of likely N-dealkylation sites (tertiary alicyclic amines) is 1. The smallest absolute Gasteiger partial charge is 0.295 e. The maximum Gasteiger partial charge on any atom is 0.295 e. The van der Waals surface area contributed by atoms with Gasteiger partial charge in [-0.3, -0.25) is 14.5 Å². The molecule has 2 aliphatic heterocycles. The van der Waals surface area contributed by atoms with E-state index in [9.17, 15) is 14.7 Å². The summed E-state index contributed by atoms with van der Waals surface area (Å²) in [5.74, 6) is -0.764. The SMILES string of the molecule is Cc1ccccc1COc1ccc(C(O)=C2C(=O)C(=O)N(CCCN3CCOCC3)C2c2ccccc2)cc1. The fourth-order valence-corrected chi connectivity index (χ4v) is 5.18. The second kappa shape index (κ2) is 12.3. The van der Waals surface area contributed by atoms with Crippen molar-refractivity contribution in [3.05, 3.63) is 107 Å². The van der Waals surface area contributed by atoms with E-state index < -0.39 is 17.7 Å². The standard InChI is InChI=1S/C32H34N2O5/c1-23-8-5-6-11-26(23)22-39-27-14-12-25(13-15-27)30(35)28-29(24-9-3-2-4-10-24)34(32(37)31(28)36)17-7-16-33-18-20-38-21-19-33/h2-6,8-15,29,35H,7,16-22H2,1H3. The third-order valence-corrected chi connectivity index (χ3v) is 7.42. The Morgan fingerprint density at radius 3 is 2.33 bits per heavy atom. The quantitative estimate of drug-likeness (QED) is 0.247. The Balaban J connectivity index is 1.36. The van der Waals surface area contributed by atoms with E-state index >= 15 is 0 Å². The van der Waals surface area contributed by atoms with Gasteiger partial charge in [-0.05, 0) is 54.3 Å². The van der Waals surface area contributed by atoms with Crippen LogP contribution in [0, 0.1) is 6.92 Å². The molecule has 2 fully saturated rings. The third-order valence-electron chi connectivity index (χ3n) is 7.42. The summed E-state index contributed by atoms with van der Waals surface area (Å²) in [6.45, 7) is 6.87. The van der Waals surface area contributed by atoms with Crippen LogP contribution in [0.4, 0.5) is 0 Å². The van der Waals surface area contributed by atoms with Gasteiger partial charge in [0, 0.05) is 31.7 Å². The summed E-state index contributed by atoms with van der Waals surface area (Å²) < 4.78 is 11.4. The van der Waals surface area contributed by atoms with Gasteiger partial charge in [-0.1, -0.05) is 54.6 Å². The molecule has 0 radical (unpaired) electrons. The minimum absolute atomic E-state index is 0.117. The number of rotatable bonds is 9. The predicted molar refractivity (Wildman–Crippen MR) is 149 cm³/mol. The molecule has 0 aliphatic carbocycles. The zero-order chi connectivity index (χ0) is 27.2. The molecule has 1 amide bonds. The van der Waals surface area contributed by atoms with E-state index in [0.717, 1.165) is 42.7 Å². The van der Waals surface area contributed by atoms with Gasteiger partial charge in [0.2, 0.25) is 0 Å². The first-order valence-electron chi connectivity index (χ1n) is 13.4. The van der Waals surface area contributed by atoms with Gasteiger partial charge in [0.1, 0.15) is 18.1 Å². The topological polar surface area (TPSA) is 79.3 Å². The normalized spacial score (nSPS) is 19.4. The van der Waals surface area contributed by atoms with Gasteiger partial charge in [-0.15, -0.1) is 0 Å². The molecule has 0 spiro atoms. The van der Waals surface area contributed by atoms with E-state index in [1.165, 1.54) is 0 Å². The second-order valence-corrected chi connectivity index (χ2v) is 9.95. The molecule has 0 bridgehead atoms. The largest absolute Gasteiger partial charge is 0.507 e. The van der Waals surface area contributed by atoms with Crippen molar-refractivity contribution in [2.45, 2.75) is 26.0 Å². The van der Waals surface area contributed by atoms with Crippen molar-refractivity contribution in [1.29, 1.82) is 0 Å². The molecule has 39 heavy (non-hydrogen) atoms. The molecule has 1 atom stereocenters. The van der Waals surface area contributed by atoms with Gasteiger partial charge in [0.25, 0.3) is 11.7 Å². The number of benzene rings is 3. The van der Waals surface area contributed by atoms with Crippen molar-refractivity contribution in [2.75, 3.05) is 39.4 Å². The monoisotopic (exact) mass is 526 g/mol. The van der Waals surface area contributed by atoms with Crippen LogP contribution in [0.3, 0.4) is 0 Å². The average Bonchev–Trinajstić information content (AvgIpc) is 3.23. The van der Waals surface area contributed by atoms with E-state index in [1.807, 2.05) is 61.5 Å². The Morgan fingerprint density at radius 2 is 1.62 bits per heavy atom. The lowest BCUT2D eigenvalue weighted by Crippen LogP contribution is -2.38. The zero-order valence-electron chi connectivity index (χ0n) is 22.2. The molecule has 3 aromatic rings. The summed E-state index contributed by atoms with van der Waals surface area (Å²) in [4.78, 5) is 30.4. The van der Waals surface area contributed by atoms with E-state index in [-0.39, 0.29) is 11.3 Å². The summed E-state index contributed by atoms with van der Waals surface area (Å²) in [5, 5.41) is 11.3. The van der Waals surface area contributed by atoms with Gasteiger partial charge in [-0.2, -0.15) is 0 Å². The first kappa shape index (κ1) is 26.7. The van der Waals surface area contributed by atoms with E-state index in [0.29, 0.717) is 37.7 Å². The number of ketones is 1. The Kier molecular flexibility index (Phi) is 8.39.